The Hall–Kier alpha value is -3.37. The van der Waals surface area contributed by atoms with Crippen LogP contribution in [0.4, 0.5) is 11.4 Å². The minimum Gasteiger partial charge on any atom is -0.457 e. The molecule has 0 aromatic heterocycles. The summed E-state index contributed by atoms with van der Waals surface area (Å²) in [7, 11) is -4.06. The molecule has 6 fully saturated rings. The van der Waals surface area contributed by atoms with Gasteiger partial charge in [-0.3, -0.25) is 19.2 Å². The average Bonchev–Trinajstić information content (AvgIpc) is 4.02. The van der Waals surface area contributed by atoms with Crippen molar-refractivity contribution in [2.45, 2.75) is 41.9 Å². The highest BCUT2D eigenvalue weighted by molar-refractivity contribution is 9.12. The Balaban J connectivity index is 0.851. The van der Waals surface area contributed by atoms with Crippen LogP contribution >= 0.6 is 63.7 Å². The summed E-state index contributed by atoms with van der Waals surface area (Å²) in [4.78, 5) is 57.5. The number of hydrogen-bond acceptors (Lipinski definition) is 8. The molecule has 15 heteroatoms. The zero-order chi connectivity index (χ0) is 39.7. The van der Waals surface area contributed by atoms with E-state index in [9.17, 15) is 27.6 Å². The van der Waals surface area contributed by atoms with Gasteiger partial charge in [-0.25, -0.2) is 18.2 Å². The first-order valence-corrected chi connectivity index (χ1v) is 23.8. The molecule has 57 heavy (non-hydrogen) atoms. The van der Waals surface area contributed by atoms with Gasteiger partial charge in [0.2, 0.25) is 33.5 Å². The van der Waals surface area contributed by atoms with Crippen LogP contribution < -0.4 is 19.3 Å². The molecular weight excluding hydrogens is 1010 g/mol. The first-order valence-electron chi connectivity index (χ1n) is 18.7. The van der Waals surface area contributed by atoms with Crippen molar-refractivity contribution in [3.05, 3.63) is 97.1 Å². The zero-order valence-electron chi connectivity index (χ0n) is 29.7. The molecule has 0 radical (unpaired) electrons. The number of imide groups is 2. The Morgan fingerprint density at radius 3 is 1.09 bits per heavy atom. The lowest BCUT2D eigenvalue weighted by Gasteiger charge is -2.28. The van der Waals surface area contributed by atoms with Crippen LogP contribution in [0.1, 0.15) is 12.8 Å². The minimum absolute atomic E-state index is 0.0147. The van der Waals surface area contributed by atoms with Crippen molar-refractivity contribution in [2.24, 2.45) is 47.3 Å². The summed E-state index contributed by atoms with van der Waals surface area (Å²) in [5.41, 5.74) is 0.821. The predicted octanol–water partition coefficient (Wildman–Crippen LogP) is 8.67. The van der Waals surface area contributed by atoms with Crippen molar-refractivity contribution in [3.63, 3.8) is 0 Å². The topological polar surface area (TPSA) is 127 Å². The summed E-state index contributed by atoms with van der Waals surface area (Å²) in [5.74, 6) is -0.673. The van der Waals surface area contributed by atoms with E-state index in [1.54, 1.807) is 72.8 Å². The fraction of sp³-hybridized carbons (Fsp3) is 0.333. The van der Waals surface area contributed by atoms with Gasteiger partial charge in [-0.1, -0.05) is 88.0 Å². The van der Waals surface area contributed by atoms with Gasteiger partial charge >= 0.3 is 0 Å². The summed E-state index contributed by atoms with van der Waals surface area (Å²) in [6, 6.07) is 25.6. The van der Waals surface area contributed by atoms with Crippen LogP contribution in [0.15, 0.2) is 107 Å². The third kappa shape index (κ3) is 5.79. The molecule has 4 bridgehead atoms. The minimum atomic E-state index is -4.06. The van der Waals surface area contributed by atoms with E-state index in [1.807, 2.05) is 0 Å². The second kappa shape index (κ2) is 13.9. The Morgan fingerprint density at radius 2 is 0.754 bits per heavy atom. The molecule has 4 aromatic carbocycles. The maximum atomic E-state index is 14.0. The van der Waals surface area contributed by atoms with Gasteiger partial charge in [-0.15, -0.1) is 0 Å². The number of amides is 4. The van der Waals surface area contributed by atoms with Crippen molar-refractivity contribution in [1.29, 1.82) is 0 Å². The molecule has 10 nitrogen and oxygen atoms in total. The van der Waals surface area contributed by atoms with Crippen molar-refractivity contribution < 1.29 is 37.1 Å². The summed E-state index contributed by atoms with van der Waals surface area (Å²) >= 11 is 14.9. The normalized spacial score (nSPS) is 33.7. The molecule has 6 aliphatic rings. The fourth-order valence-corrected chi connectivity index (χ4v) is 15.5. The van der Waals surface area contributed by atoms with Gasteiger partial charge in [0.05, 0.1) is 44.8 Å². The Labute approximate surface area is 362 Å². The van der Waals surface area contributed by atoms with E-state index in [0.29, 0.717) is 22.9 Å². The number of nitrogens with zero attached hydrogens (tertiary/aromatic N) is 2. The second-order valence-corrected chi connectivity index (χ2v) is 21.9. The van der Waals surface area contributed by atoms with Crippen LogP contribution in [0.25, 0.3) is 0 Å². The highest BCUT2D eigenvalue weighted by Crippen LogP contribution is 2.62. The monoisotopic (exact) mass is 1040 g/mol. The van der Waals surface area contributed by atoms with Crippen molar-refractivity contribution >= 4 is 109 Å². The lowest BCUT2D eigenvalue weighted by Crippen LogP contribution is -2.37. The Kier molecular flexibility index (Phi) is 9.20. The van der Waals surface area contributed by atoms with E-state index in [0.717, 1.165) is 12.8 Å². The summed E-state index contributed by atoms with van der Waals surface area (Å²) < 4.78 is 40.1. The first-order chi connectivity index (χ1) is 27.3. The molecule has 4 saturated carbocycles. The van der Waals surface area contributed by atoms with Crippen molar-refractivity contribution in [3.8, 4) is 23.0 Å². The van der Waals surface area contributed by atoms with Crippen LogP contribution in [0.3, 0.4) is 0 Å². The molecule has 0 spiro atoms. The number of benzene rings is 4. The highest BCUT2D eigenvalue weighted by Gasteiger charge is 2.67. The molecule has 4 aromatic rings. The molecule has 292 valence electrons. The van der Waals surface area contributed by atoms with Crippen LogP contribution in [-0.4, -0.2) is 51.4 Å². The summed E-state index contributed by atoms with van der Waals surface area (Å²) in [6.07, 6.45) is 1.67. The smallest absolute Gasteiger partial charge is 0.238 e. The van der Waals surface area contributed by atoms with Crippen LogP contribution in [0, 0.1) is 47.3 Å². The lowest BCUT2D eigenvalue weighted by molar-refractivity contribution is -0.124. The lowest BCUT2D eigenvalue weighted by atomic mass is 9.81. The molecule has 2 heterocycles. The molecule has 2 saturated heterocycles. The van der Waals surface area contributed by atoms with E-state index in [-0.39, 0.29) is 112 Å². The molecule has 0 N–H and O–H groups in total. The zero-order valence-corrected chi connectivity index (χ0v) is 36.8. The number of carbonyl (C=O) groups excluding carboxylic acids is 4. The molecule has 4 aliphatic carbocycles. The number of sulfone groups is 1. The van der Waals surface area contributed by atoms with E-state index >= 15 is 0 Å². The molecule has 2 aliphatic heterocycles. The standard InChI is InChI=1S/C42H32Br4N2O8S/c43-35-27-17-28(36(35)44)32-31(27)39(49)47(40(32)50)19-5-1-7-21(13-19)55-23-9-3-11-25(15-23)57(53,54)26-12-4-10-24(16-26)56-22-8-2-6-20(14-22)48-41(51)33-29-18-30(34(33)42(48)52)38(46)37(29)45/h1-16,27-38H,17-18H2/t27?,28?,29?,30?,31?,32?,33?,34?,35-,36-,37-,38-/m0/s1. The van der Waals surface area contributed by atoms with Gasteiger partial charge < -0.3 is 9.47 Å². The van der Waals surface area contributed by atoms with Gasteiger partial charge in [0, 0.05) is 31.4 Å². The van der Waals surface area contributed by atoms with E-state index in [1.165, 1.54) is 34.1 Å². The highest BCUT2D eigenvalue weighted by atomic mass is 79.9. The van der Waals surface area contributed by atoms with Gasteiger partial charge in [0.25, 0.3) is 0 Å². The fourth-order valence-electron chi connectivity index (χ4n) is 10.4. The Morgan fingerprint density at radius 1 is 0.456 bits per heavy atom. The average molecular weight is 1040 g/mol. The van der Waals surface area contributed by atoms with Crippen molar-refractivity contribution in [2.75, 3.05) is 9.80 Å². The molecule has 10 rings (SSSR count). The summed E-state index contributed by atoms with van der Waals surface area (Å²) in [6.45, 7) is 0. The third-order valence-electron chi connectivity index (χ3n) is 12.8. The summed E-state index contributed by atoms with van der Waals surface area (Å²) in [5, 5.41) is 0. The first kappa shape index (κ1) is 37.9. The molecule has 4 amide bonds. The van der Waals surface area contributed by atoms with Gasteiger partial charge in [0.1, 0.15) is 23.0 Å². The predicted molar refractivity (Wildman–Crippen MR) is 224 cm³/mol. The number of carbonyl (C=O) groups is 4. The number of rotatable bonds is 8. The number of anilines is 2. The maximum absolute atomic E-state index is 14.0. The van der Waals surface area contributed by atoms with Gasteiger partial charge in [-0.2, -0.15) is 0 Å². The molecular formula is C42H32Br4N2O8S. The van der Waals surface area contributed by atoms with Crippen LogP contribution in [0.5, 0.6) is 23.0 Å². The van der Waals surface area contributed by atoms with Crippen molar-refractivity contribution in [1.82, 2.24) is 0 Å². The van der Waals surface area contributed by atoms with E-state index in [2.05, 4.69) is 63.7 Å². The van der Waals surface area contributed by atoms with E-state index < -0.39 is 9.84 Å². The van der Waals surface area contributed by atoms with Crippen LogP contribution in [-0.2, 0) is 29.0 Å². The number of alkyl halides is 4. The molecule has 12 atom stereocenters. The SMILES string of the molecule is O=C1C2C(C(=O)N1c1cccc(Oc3cccc(S(=O)(=O)c4cccc(Oc5cccc(N6C(=O)C7C(C6=O)C6CC7[C@H](Br)[C@H]6Br)c5)c4)c3)c1)C1CC2[C@H](Br)[C@H]1Br. The number of halogens is 4. The van der Waals surface area contributed by atoms with Gasteiger partial charge in [0.15, 0.2) is 0 Å². The number of ether oxygens (including phenoxy) is 2. The Bertz CT molecular complexity index is 2290. The number of hydrogen-bond donors (Lipinski definition) is 0. The third-order valence-corrected chi connectivity index (χ3v) is 21.0. The quantitative estimate of drug-likeness (QED) is 0.127. The second-order valence-electron chi connectivity index (χ2n) is 15.7. The molecule has 8 unspecified atom stereocenters. The number of fused-ring (bicyclic) bond motifs is 10. The maximum Gasteiger partial charge on any atom is 0.238 e. The van der Waals surface area contributed by atoms with E-state index in [4.69, 9.17) is 9.47 Å². The van der Waals surface area contributed by atoms with Gasteiger partial charge in [-0.05, 0) is 97.2 Å². The largest absolute Gasteiger partial charge is 0.457 e. The van der Waals surface area contributed by atoms with Crippen LogP contribution in [0.2, 0.25) is 0 Å².